The van der Waals surface area contributed by atoms with Crippen LogP contribution in [0.4, 0.5) is 19.0 Å². The normalized spacial score (nSPS) is 18.0. The lowest BCUT2D eigenvalue weighted by atomic mass is 9.99. The van der Waals surface area contributed by atoms with Crippen LogP contribution in [0.1, 0.15) is 37.9 Å². The fourth-order valence-corrected chi connectivity index (χ4v) is 3.83. The van der Waals surface area contributed by atoms with Gasteiger partial charge in [0, 0.05) is 57.9 Å². The molecule has 0 aromatic carbocycles. The summed E-state index contributed by atoms with van der Waals surface area (Å²) in [5.74, 6) is -0.793. The van der Waals surface area contributed by atoms with Crippen molar-refractivity contribution in [3.8, 4) is 0 Å². The van der Waals surface area contributed by atoms with Gasteiger partial charge in [0.25, 0.3) is 0 Å². The van der Waals surface area contributed by atoms with Gasteiger partial charge < -0.3 is 19.6 Å². The van der Waals surface area contributed by atoms with E-state index in [-0.39, 0.29) is 0 Å². The van der Waals surface area contributed by atoms with E-state index < -0.39 is 12.1 Å². The Morgan fingerprint density at radius 2 is 1.80 bits per heavy atom. The first-order valence-electron chi connectivity index (χ1n) is 10.4. The van der Waals surface area contributed by atoms with Gasteiger partial charge in [-0.15, -0.1) is 0 Å². The maximum atomic E-state index is 10.6. The Hall–Kier alpha value is -1.94. The molecule has 7 nitrogen and oxygen atoms in total. The molecule has 0 amide bonds. The predicted octanol–water partition coefficient (Wildman–Crippen LogP) is 2.78. The number of fused-ring (bicyclic) bond motifs is 1. The summed E-state index contributed by atoms with van der Waals surface area (Å²) in [5.41, 5.74) is 2.64. The second-order valence-corrected chi connectivity index (χ2v) is 7.45. The van der Waals surface area contributed by atoms with Crippen molar-refractivity contribution in [2.75, 3.05) is 50.8 Å². The third-order valence-electron chi connectivity index (χ3n) is 5.52. The number of rotatable bonds is 5. The van der Waals surface area contributed by atoms with Gasteiger partial charge in [0.2, 0.25) is 0 Å². The Labute approximate surface area is 175 Å². The number of halogens is 3. The minimum absolute atomic E-state index is 0.804. The van der Waals surface area contributed by atoms with E-state index in [4.69, 9.17) is 14.6 Å². The number of alkyl halides is 3. The summed E-state index contributed by atoms with van der Waals surface area (Å²) in [4.78, 5) is 23.1. The van der Waals surface area contributed by atoms with Crippen LogP contribution < -0.4 is 4.90 Å². The zero-order valence-electron chi connectivity index (χ0n) is 17.6. The van der Waals surface area contributed by atoms with Crippen molar-refractivity contribution in [2.24, 2.45) is 5.92 Å². The van der Waals surface area contributed by atoms with Gasteiger partial charge in [-0.3, -0.25) is 0 Å². The molecule has 2 aliphatic rings. The van der Waals surface area contributed by atoms with Gasteiger partial charge in [-0.25, -0.2) is 14.8 Å². The number of carboxylic acids is 1. The molecule has 1 saturated heterocycles. The van der Waals surface area contributed by atoms with E-state index in [9.17, 15) is 13.2 Å². The van der Waals surface area contributed by atoms with E-state index in [0.717, 1.165) is 64.0 Å². The topological polar surface area (TPSA) is 78.8 Å². The van der Waals surface area contributed by atoms with Crippen molar-refractivity contribution in [1.82, 2.24) is 14.9 Å². The summed E-state index contributed by atoms with van der Waals surface area (Å²) in [6.45, 7) is 11.8. The summed E-state index contributed by atoms with van der Waals surface area (Å²) in [6.07, 6.45) is 1.23. The van der Waals surface area contributed by atoms with E-state index in [1.165, 1.54) is 30.6 Å². The molecule has 3 heterocycles. The van der Waals surface area contributed by atoms with E-state index in [1.54, 1.807) is 6.33 Å². The first kappa shape index (κ1) is 24.3. The number of nitrogens with zero attached hydrogens (tertiary/aromatic N) is 4. The molecule has 0 bridgehead atoms. The van der Waals surface area contributed by atoms with E-state index >= 15 is 0 Å². The maximum absolute atomic E-state index is 10.6. The van der Waals surface area contributed by atoms with Gasteiger partial charge in [-0.2, -0.15) is 13.2 Å². The second-order valence-electron chi connectivity index (χ2n) is 7.45. The van der Waals surface area contributed by atoms with Gasteiger partial charge >= 0.3 is 12.1 Å². The van der Waals surface area contributed by atoms with Crippen LogP contribution in [0, 0.1) is 5.92 Å². The highest BCUT2D eigenvalue weighted by molar-refractivity contribution is 5.73. The first-order chi connectivity index (χ1) is 14.3. The van der Waals surface area contributed by atoms with Gasteiger partial charge in [0.05, 0.1) is 5.69 Å². The fraction of sp³-hybridized carbons (Fsp3) is 0.750. The number of hydrogen-bond acceptors (Lipinski definition) is 6. The third kappa shape index (κ3) is 7.09. The van der Waals surface area contributed by atoms with E-state index in [2.05, 4.69) is 33.6 Å². The van der Waals surface area contributed by atoms with Crippen LogP contribution in [0.2, 0.25) is 0 Å². The highest BCUT2D eigenvalue weighted by Gasteiger charge is 2.38. The van der Waals surface area contributed by atoms with Crippen LogP contribution in [-0.4, -0.2) is 78.1 Å². The number of carboxylic acid groups (broad SMARTS) is 1. The molecule has 170 valence electrons. The molecule has 1 aromatic heterocycles. The summed E-state index contributed by atoms with van der Waals surface area (Å²) in [5, 5.41) is 7.12. The molecule has 0 spiro atoms. The van der Waals surface area contributed by atoms with Crippen molar-refractivity contribution >= 4 is 11.8 Å². The van der Waals surface area contributed by atoms with Crippen molar-refractivity contribution in [3.63, 3.8) is 0 Å². The lowest BCUT2D eigenvalue weighted by Gasteiger charge is -2.28. The Morgan fingerprint density at radius 3 is 2.37 bits per heavy atom. The van der Waals surface area contributed by atoms with Gasteiger partial charge in [0.15, 0.2) is 0 Å². The molecule has 0 saturated carbocycles. The van der Waals surface area contributed by atoms with Crippen LogP contribution in [0.5, 0.6) is 0 Å². The molecule has 10 heteroatoms. The zero-order chi connectivity index (χ0) is 22.1. The average molecular weight is 432 g/mol. The average Bonchev–Trinajstić information content (AvgIpc) is 2.92. The Morgan fingerprint density at radius 1 is 1.20 bits per heavy atom. The molecule has 30 heavy (non-hydrogen) atoms. The molecular formula is C20H31F3N4O3. The van der Waals surface area contributed by atoms with Gasteiger partial charge in [-0.1, -0.05) is 0 Å². The molecule has 2 aliphatic heterocycles. The van der Waals surface area contributed by atoms with Crippen LogP contribution >= 0.6 is 0 Å². The number of aliphatic carboxylic acids is 1. The highest BCUT2D eigenvalue weighted by Crippen LogP contribution is 2.25. The van der Waals surface area contributed by atoms with Crippen molar-refractivity contribution < 1.29 is 27.8 Å². The molecular weight excluding hydrogens is 401 g/mol. The summed E-state index contributed by atoms with van der Waals surface area (Å²) in [6, 6.07) is 0. The Bertz CT molecular complexity index is 678. The first-order valence-corrected chi connectivity index (χ1v) is 10.4. The molecule has 3 rings (SSSR count). The Balaban J connectivity index is 0.000000396. The summed E-state index contributed by atoms with van der Waals surface area (Å²) < 4.78 is 37.2. The summed E-state index contributed by atoms with van der Waals surface area (Å²) >= 11 is 0. The van der Waals surface area contributed by atoms with Crippen LogP contribution in [0.15, 0.2) is 6.33 Å². The predicted molar refractivity (Wildman–Crippen MR) is 107 cm³/mol. The minimum Gasteiger partial charge on any atom is -0.475 e. The van der Waals surface area contributed by atoms with Crippen molar-refractivity contribution in [3.05, 3.63) is 17.6 Å². The number of hydrogen-bond donors (Lipinski definition) is 1. The number of aromatic nitrogens is 2. The standard InChI is InChI=1S/C18H30N4O.C2HF3O2/c1-3-22(4-2)18-16-5-9-21(10-6-17(16)19-14-20-18)13-15-7-11-23-12-8-15;3-2(4,5)1(6)7/h14-15H,3-13H2,1-2H3;(H,6,7). The zero-order valence-corrected chi connectivity index (χ0v) is 17.6. The molecule has 0 radical (unpaired) electrons. The lowest BCUT2D eigenvalue weighted by Crippen LogP contribution is -2.34. The summed E-state index contributed by atoms with van der Waals surface area (Å²) in [7, 11) is 0. The Kier molecular flexibility index (Phi) is 9.29. The van der Waals surface area contributed by atoms with Crippen LogP contribution in [0.25, 0.3) is 0 Å². The number of carbonyl (C=O) groups is 1. The second kappa shape index (κ2) is 11.5. The molecule has 0 unspecified atom stereocenters. The highest BCUT2D eigenvalue weighted by atomic mass is 19.4. The molecule has 1 N–H and O–H groups in total. The maximum Gasteiger partial charge on any atom is 0.490 e. The van der Waals surface area contributed by atoms with Gasteiger partial charge in [-0.05, 0) is 39.0 Å². The molecule has 1 fully saturated rings. The van der Waals surface area contributed by atoms with E-state index in [0.29, 0.717) is 0 Å². The largest absolute Gasteiger partial charge is 0.490 e. The van der Waals surface area contributed by atoms with Crippen LogP contribution in [0.3, 0.4) is 0 Å². The quantitative estimate of drug-likeness (QED) is 0.767. The molecule has 0 atom stereocenters. The van der Waals surface area contributed by atoms with Crippen molar-refractivity contribution in [2.45, 2.75) is 45.7 Å². The molecule has 1 aromatic rings. The van der Waals surface area contributed by atoms with Crippen LogP contribution in [-0.2, 0) is 22.4 Å². The third-order valence-corrected chi connectivity index (χ3v) is 5.52. The monoisotopic (exact) mass is 432 g/mol. The smallest absolute Gasteiger partial charge is 0.475 e. The molecule has 0 aliphatic carbocycles. The lowest BCUT2D eigenvalue weighted by molar-refractivity contribution is -0.192. The van der Waals surface area contributed by atoms with Crippen molar-refractivity contribution in [1.29, 1.82) is 0 Å². The van der Waals surface area contributed by atoms with Gasteiger partial charge in [0.1, 0.15) is 12.1 Å². The fourth-order valence-electron chi connectivity index (χ4n) is 3.83. The number of ether oxygens (including phenoxy) is 1. The number of anilines is 1. The van der Waals surface area contributed by atoms with E-state index in [1.807, 2.05) is 0 Å². The SMILES string of the molecule is CCN(CC)c1ncnc2c1CCN(CC1CCOCC1)CC2.O=C(O)C(F)(F)F. The minimum atomic E-state index is -5.08.